The highest BCUT2D eigenvalue weighted by molar-refractivity contribution is 5.78. The molecule has 1 aliphatic heterocycles. The zero-order valence-corrected chi connectivity index (χ0v) is 16.7. The summed E-state index contributed by atoms with van der Waals surface area (Å²) >= 11 is 0. The number of likely N-dealkylation sites (tertiary alicyclic amines) is 1. The number of benzene rings is 1. The van der Waals surface area contributed by atoms with E-state index in [4.69, 9.17) is 15.5 Å². The second-order valence-electron chi connectivity index (χ2n) is 8.57. The van der Waals surface area contributed by atoms with E-state index in [0.717, 1.165) is 38.9 Å². The molecule has 2 aliphatic rings. The normalized spacial score (nSPS) is 30.0. The van der Waals surface area contributed by atoms with Crippen LogP contribution in [0.5, 0.6) is 0 Å². The molecular weight excluding hydrogens is 324 g/mol. The van der Waals surface area contributed by atoms with Crippen molar-refractivity contribution in [1.82, 2.24) is 10.2 Å². The first-order valence-electron chi connectivity index (χ1n) is 9.75. The zero-order valence-electron chi connectivity index (χ0n) is 16.7. The standard InChI is InChI=1S/C21H34N4O/c1-20(2)18(14-21(20,3)26-4)24-19(22)23-17-10-12-25(13-11-17)15-16-8-6-5-7-9-16/h5-9,17-18H,10-15H2,1-4H3,(H3,22,23,24). The van der Waals surface area contributed by atoms with Crippen molar-refractivity contribution in [3.63, 3.8) is 0 Å². The maximum Gasteiger partial charge on any atom is 0.189 e. The van der Waals surface area contributed by atoms with Gasteiger partial charge in [0.15, 0.2) is 5.96 Å². The molecular formula is C21H34N4O. The van der Waals surface area contributed by atoms with Crippen LogP contribution in [0.3, 0.4) is 0 Å². The molecule has 1 aromatic rings. The molecule has 2 unspecified atom stereocenters. The fourth-order valence-corrected chi connectivity index (χ4v) is 4.15. The minimum Gasteiger partial charge on any atom is -0.378 e. The van der Waals surface area contributed by atoms with Gasteiger partial charge in [0.2, 0.25) is 0 Å². The molecule has 2 fully saturated rings. The summed E-state index contributed by atoms with van der Waals surface area (Å²) in [6.07, 6.45) is 3.13. The molecule has 144 valence electrons. The Hall–Kier alpha value is -1.59. The van der Waals surface area contributed by atoms with E-state index in [9.17, 15) is 0 Å². The van der Waals surface area contributed by atoms with Crippen LogP contribution in [0, 0.1) is 5.41 Å². The van der Waals surface area contributed by atoms with Gasteiger partial charge in [-0.2, -0.15) is 0 Å². The van der Waals surface area contributed by atoms with Crippen molar-refractivity contribution < 1.29 is 4.74 Å². The number of aliphatic imine (C=N–C) groups is 1. The molecule has 0 spiro atoms. The summed E-state index contributed by atoms with van der Waals surface area (Å²) in [5, 5.41) is 3.45. The quantitative estimate of drug-likeness (QED) is 0.628. The average molecular weight is 359 g/mol. The summed E-state index contributed by atoms with van der Waals surface area (Å²) in [5.74, 6) is 0.586. The Morgan fingerprint density at radius 2 is 1.88 bits per heavy atom. The monoisotopic (exact) mass is 358 g/mol. The average Bonchev–Trinajstić information content (AvgIpc) is 2.63. The number of hydrogen-bond acceptors (Lipinski definition) is 3. The predicted molar refractivity (Wildman–Crippen MR) is 107 cm³/mol. The van der Waals surface area contributed by atoms with Crippen LogP contribution in [0.15, 0.2) is 35.3 Å². The molecule has 0 bridgehead atoms. The summed E-state index contributed by atoms with van der Waals surface area (Å²) in [6.45, 7) is 9.80. The van der Waals surface area contributed by atoms with Gasteiger partial charge in [0.1, 0.15) is 0 Å². The number of rotatable bonds is 5. The van der Waals surface area contributed by atoms with Crippen LogP contribution >= 0.6 is 0 Å². The molecule has 1 saturated carbocycles. The molecule has 1 saturated heterocycles. The van der Waals surface area contributed by atoms with Gasteiger partial charge in [0.25, 0.3) is 0 Å². The lowest BCUT2D eigenvalue weighted by atomic mass is 9.56. The molecule has 0 amide bonds. The molecule has 1 aromatic carbocycles. The van der Waals surface area contributed by atoms with Crippen molar-refractivity contribution in [3.8, 4) is 0 Å². The maximum atomic E-state index is 6.21. The van der Waals surface area contributed by atoms with Crippen LogP contribution in [0.4, 0.5) is 0 Å². The third-order valence-corrected chi connectivity index (χ3v) is 6.71. The number of hydrogen-bond donors (Lipinski definition) is 2. The van der Waals surface area contributed by atoms with Crippen molar-refractivity contribution in [3.05, 3.63) is 35.9 Å². The molecule has 26 heavy (non-hydrogen) atoms. The number of ether oxygens (including phenoxy) is 1. The van der Waals surface area contributed by atoms with Crippen LogP contribution < -0.4 is 11.1 Å². The third-order valence-electron chi connectivity index (χ3n) is 6.71. The smallest absolute Gasteiger partial charge is 0.189 e. The van der Waals surface area contributed by atoms with Crippen molar-refractivity contribution in [2.45, 2.75) is 64.3 Å². The van der Waals surface area contributed by atoms with Gasteiger partial charge < -0.3 is 15.8 Å². The van der Waals surface area contributed by atoms with E-state index in [2.05, 4.69) is 61.3 Å². The Labute approximate surface area is 158 Å². The topological polar surface area (TPSA) is 62.9 Å². The first-order valence-corrected chi connectivity index (χ1v) is 9.75. The van der Waals surface area contributed by atoms with Crippen LogP contribution in [-0.4, -0.2) is 48.7 Å². The Balaban J connectivity index is 1.46. The van der Waals surface area contributed by atoms with Gasteiger partial charge in [0, 0.05) is 38.2 Å². The van der Waals surface area contributed by atoms with E-state index in [1.165, 1.54) is 5.56 Å². The molecule has 2 atom stereocenters. The van der Waals surface area contributed by atoms with Gasteiger partial charge in [-0.1, -0.05) is 44.2 Å². The zero-order chi connectivity index (χ0) is 18.8. The van der Waals surface area contributed by atoms with E-state index >= 15 is 0 Å². The lowest BCUT2D eigenvalue weighted by Crippen LogP contribution is -2.63. The summed E-state index contributed by atoms with van der Waals surface area (Å²) in [5.41, 5.74) is 7.49. The number of piperidine rings is 1. The molecule has 5 heteroatoms. The minimum absolute atomic E-state index is 0.00704. The highest BCUT2D eigenvalue weighted by Gasteiger charge is 2.58. The summed E-state index contributed by atoms with van der Waals surface area (Å²) in [4.78, 5) is 7.26. The fourth-order valence-electron chi connectivity index (χ4n) is 4.15. The van der Waals surface area contributed by atoms with Gasteiger partial charge in [-0.15, -0.1) is 0 Å². The van der Waals surface area contributed by atoms with Crippen molar-refractivity contribution in [2.75, 3.05) is 20.2 Å². The maximum absolute atomic E-state index is 6.21. The van der Waals surface area contributed by atoms with Crippen LogP contribution in [0.1, 0.15) is 45.6 Å². The molecule has 1 aliphatic carbocycles. The lowest BCUT2D eigenvalue weighted by molar-refractivity contribution is -0.171. The van der Waals surface area contributed by atoms with E-state index in [0.29, 0.717) is 12.0 Å². The van der Waals surface area contributed by atoms with Crippen LogP contribution in [0.25, 0.3) is 0 Å². The summed E-state index contributed by atoms with van der Waals surface area (Å²) in [7, 11) is 1.78. The summed E-state index contributed by atoms with van der Waals surface area (Å²) in [6, 6.07) is 11.3. The first-order chi connectivity index (χ1) is 12.3. The Bertz CT molecular complexity index is 622. The number of nitrogens with one attached hydrogen (secondary N) is 1. The highest BCUT2D eigenvalue weighted by atomic mass is 16.5. The Morgan fingerprint density at radius 1 is 1.23 bits per heavy atom. The van der Waals surface area contributed by atoms with Gasteiger partial charge in [-0.3, -0.25) is 4.90 Å². The second kappa shape index (κ2) is 7.57. The van der Waals surface area contributed by atoms with E-state index in [-0.39, 0.29) is 17.1 Å². The first kappa shape index (κ1) is 19.2. The third kappa shape index (κ3) is 3.89. The van der Waals surface area contributed by atoms with Crippen molar-refractivity contribution in [1.29, 1.82) is 0 Å². The largest absolute Gasteiger partial charge is 0.378 e. The second-order valence-corrected chi connectivity index (χ2v) is 8.57. The lowest BCUT2D eigenvalue weighted by Gasteiger charge is -2.57. The van der Waals surface area contributed by atoms with Gasteiger partial charge in [-0.05, 0) is 31.7 Å². The number of methoxy groups -OCH3 is 1. The fraction of sp³-hybridized carbons (Fsp3) is 0.667. The molecule has 1 heterocycles. The number of nitrogens with zero attached hydrogens (tertiary/aromatic N) is 2. The SMILES string of the molecule is COC1(C)CC(N=C(N)NC2CCN(Cc3ccccc3)CC2)C1(C)C. The van der Waals surface area contributed by atoms with E-state index < -0.39 is 0 Å². The van der Waals surface area contributed by atoms with Crippen molar-refractivity contribution >= 4 is 5.96 Å². The highest BCUT2D eigenvalue weighted by Crippen LogP contribution is 2.53. The molecule has 5 nitrogen and oxygen atoms in total. The van der Waals surface area contributed by atoms with Crippen molar-refractivity contribution in [2.24, 2.45) is 16.1 Å². The van der Waals surface area contributed by atoms with E-state index in [1.807, 2.05) is 0 Å². The van der Waals surface area contributed by atoms with Gasteiger partial charge >= 0.3 is 0 Å². The minimum atomic E-state index is -0.107. The molecule has 3 rings (SSSR count). The predicted octanol–water partition coefficient (Wildman–Crippen LogP) is 2.76. The van der Waals surface area contributed by atoms with Crippen LogP contribution in [0.2, 0.25) is 0 Å². The van der Waals surface area contributed by atoms with Gasteiger partial charge in [-0.25, -0.2) is 4.99 Å². The molecule has 0 radical (unpaired) electrons. The Morgan fingerprint density at radius 3 is 2.46 bits per heavy atom. The molecule has 3 N–H and O–H groups in total. The van der Waals surface area contributed by atoms with Gasteiger partial charge in [0.05, 0.1) is 11.6 Å². The number of nitrogens with two attached hydrogens (primary N) is 1. The van der Waals surface area contributed by atoms with Crippen LogP contribution in [-0.2, 0) is 11.3 Å². The Kier molecular flexibility index (Phi) is 5.58. The molecule has 0 aromatic heterocycles. The summed E-state index contributed by atoms with van der Waals surface area (Å²) < 4.78 is 5.68. The van der Waals surface area contributed by atoms with E-state index in [1.54, 1.807) is 7.11 Å². The number of guanidine groups is 1.